The zero-order valence-electron chi connectivity index (χ0n) is 33.8. The summed E-state index contributed by atoms with van der Waals surface area (Å²) < 4.78 is 2.34. The summed E-state index contributed by atoms with van der Waals surface area (Å²) in [6.45, 7) is 2.18. The Morgan fingerprint density at radius 3 is 1.66 bits per heavy atom. The molecule has 0 radical (unpaired) electrons. The van der Waals surface area contributed by atoms with Crippen LogP contribution in [0.25, 0.3) is 105 Å². The maximum absolute atomic E-state index is 5.53. The van der Waals surface area contributed by atoms with E-state index in [-0.39, 0.29) is 0 Å². The van der Waals surface area contributed by atoms with Crippen molar-refractivity contribution < 1.29 is 0 Å². The molecule has 0 N–H and O–H groups in total. The zero-order valence-corrected chi connectivity index (χ0v) is 33.8. The summed E-state index contributed by atoms with van der Waals surface area (Å²) in [5, 5.41) is 4.92. The number of hydrogen-bond acceptors (Lipinski definition) is 2. The largest absolute Gasteiger partial charge is 0.296 e. The summed E-state index contributed by atoms with van der Waals surface area (Å²) in [5.74, 6) is 1.02. The Labute approximate surface area is 355 Å². The van der Waals surface area contributed by atoms with Crippen molar-refractivity contribution in [1.82, 2.24) is 14.5 Å². The van der Waals surface area contributed by atoms with E-state index in [1.54, 1.807) is 0 Å². The first-order chi connectivity index (χ1) is 30.2. The zero-order chi connectivity index (χ0) is 40.7. The molecule has 0 unspecified atom stereocenters. The van der Waals surface area contributed by atoms with Crippen molar-refractivity contribution in [3.05, 3.63) is 224 Å². The number of hydrogen-bond donors (Lipinski definition) is 0. The smallest absolute Gasteiger partial charge is 0.114 e. The number of nitrogens with zero attached hydrogens (tertiary/aromatic N) is 3. The van der Waals surface area contributed by atoms with Crippen LogP contribution < -0.4 is 0 Å². The second-order valence-electron chi connectivity index (χ2n) is 15.7. The van der Waals surface area contributed by atoms with Gasteiger partial charge in [-0.25, -0.2) is 9.97 Å². The molecule has 9 aromatic carbocycles. The molecule has 61 heavy (non-hydrogen) atoms. The highest BCUT2D eigenvalue weighted by atomic mass is 15.1. The Bertz CT molecular complexity index is 3380. The molecular weight excluding hydrogens is 739 g/mol. The van der Waals surface area contributed by atoms with Gasteiger partial charge >= 0.3 is 0 Å². The van der Waals surface area contributed by atoms with Crippen molar-refractivity contribution in [2.75, 3.05) is 0 Å². The summed E-state index contributed by atoms with van der Waals surface area (Å²) in [6, 6.07) is 78.6. The minimum Gasteiger partial charge on any atom is -0.296 e. The molecule has 288 valence electrons. The Kier molecular flexibility index (Phi) is 9.13. The highest BCUT2D eigenvalue weighted by Gasteiger charge is 2.18. The molecule has 11 rings (SSSR count). The van der Waals surface area contributed by atoms with Gasteiger partial charge in [-0.15, -0.1) is 0 Å². The van der Waals surface area contributed by atoms with Gasteiger partial charge < -0.3 is 0 Å². The lowest BCUT2D eigenvalue weighted by Gasteiger charge is -2.17. The fourth-order valence-electron chi connectivity index (χ4n) is 8.90. The van der Waals surface area contributed by atoms with Crippen molar-refractivity contribution in [2.24, 2.45) is 0 Å². The van der Waals surface area contributed by atoms with E-state index in [9.17, 15) is 0 Å². The number of pyridine rings is 1. The summed E-state index contributed by atoms with van der Waals surface area (Å²) in [4.78, 5) is 10.7. The van der Waals surface area contributed by atoms with Gasteiger partial charge in [-0.1, -0.05) is 171 Å². The first-order valence-electron chi connectivity index (χ1n) is 21.0. The number of aryl methyl sites for hydroxylation is 1. The average molecular weight is 780 g/mol. The number of imidazole rings is 1. The van der Waals surface area contributed by atoms with Crippen molar-refractivity contribution in [1.29, 1.82) is 0 Å². The van der Waals surface area contributed by atoms with Crippen LogP contribution in [0.15, 0.2) is 218 Å². The molecular formula is C58H41N3. The second-order valence-corrected chi connectivity index (χ2v) is 15.7. The lowest BCUT2D eigenvalue weighted by Crippen LogP contribution is -2.02. The van der Waals surface area contributed by atoms with Gasteiger partial charge in [0.2, 0.25) is 0 Å². The lowest BCUT2D eigenvalue weighted by atomic mass is 9.91. The molecule has 3 nitrogen and oxygen atoms in total. The lowest BCUT2D eigenvalue weighted by molar-refractivity contribution is 0.908. The van der Waals surface area contributed by atoms with Gasteiger partial charge in [-0.05, 0) is 121 Å². The molecule has 3 heteroatoms. The predicted molar refractivity (Wildman–Crippen MR) is 256 cm³/mol. The predicted octanol–water partition coefficient (Wildman–Crippen LogP) is 15.3. The summed E-state index contributed by atoms with van der Waals surface area (Å²) in [5.41, 5.74) is 16.3. The Morgan fingerprint density at radius 1 is 0.361 bits per heavy atom. The van der Waals surface area contributed by atoms with Crippen LogP contribution in [0.5, 0.6) is 0 Å². The minimum atomic E-state index is 0.793. The van der Waals surface area contributed by atoms with Crippen LogP contribution in [0.2, 0.25) is 0 Å². The average Bonchev–Trinajstić information content (AvgIpc) is 3.73. The Morgan fingerprint density at radius 2 is 0.902 bits per heavy atom. The van der Waals surface area contributed by atoms with E-state index in [1.165, 1.54) is 49.4 Å². The van der Waals surface area contributed by atoms with Crippen molar-refractivity contribution >= 4 is 32.6 Å². The Balaban J connectivity index is 1.16. The highest BCUT2D eigenvalue weighted by Crippen LogP contribution is 2.40. The number of benzene rings is 9. The van der Waals surface area contributed by atoms with Gasteiger partial charge in [0.1, 0.15) is 5.82 Å². The molecule has 0 aliphatic carbocycles. The van der Waals surface area contributed by atoms with Crippen LogP contribution in [0, 0.1) is 0 Å². The van der Waals surface area contributed by atoms with Crippen LogP contribution >= 0.6 is 0 Å². The maximum atomic E-state index is 5.53. The van der Waals surface area contributed by atoms with Gasteiger partial charge in [-0.2, -0.15) is 0 Å². The van der Waals surface area contributed by atoms with Gasteiger partial charge in [0.25, 0.3) is 0 Å². The summed E-state index contributed by atoms with van der Waals surface area (Å²) >= 11 is 0. The van der Waals surface area contributed by atoms with Gasteiger partial charge in [0, 0.05) is 23.2 Å². The van der Waals surface area contributed by atoms with E-state index in [4.69, 9.17) is 9.97 Å². The molecule has 0 atom stereocenters. The van der Waals surface area contributed by atoms with Crippen LogP contribution in [-0.4, -0.2) is 14.5 Å². The van der Waals surface area contributed by atoms with E-state index < -0.39 is 0 Å². The molecule has 0 amide bonds. The van der Waals surface area contributed by atoms with Crippen molar-refractivity contribution in [2.45, 2.75) is 13.3 Å². The third kappa shape index (κ3) is 6.76. The van der Waals surface area contributed by atoms with Crippen LogP contribution in [0.4, 0.5) is 0 Å². The van der Waals surface area contributed by atoms with Gasteiger partial charge in [0.15, 0.2) is 0 Å². The van der Waals surface area contributed by atoms with E-state index in [0.717, 1.165) is 68.2 Å². The normalized spacial score (nSPS) is 11.4. The van der Waals surface area contributed by atoms with Crippen LogP contribution in [0.3, 0.4) is 0 Å². The summed E-state index contributed by atoms with van der Waals surface area (Å²) in [6.07, 6.45) is 0.793. The maximum Gasteiger partial charge on any atom is 0.114 e. The minimum absolute atomic E-state index is 0.793. The summed E-state index contributed by atoms with van der Waals surface area (Å²) in [7, 11) is 0. The molecule has 11 aromatic rings. The molecule has 0 saturated carbocycles. The molecule has 0 bridgehead atoms. The van der Waals surface area contributed by atoms with Gasteiger partial charge in [0.05, 0.1) is 22.4 Å². The highest BCUT2D eigenvalue weighted by molar-refractivity contribution is 6.14. The van der Waals surface area contributed by atoms with Crippen molar-refractivity contribution in [3.8, 4) is 72.7 Å². The van der Waals surface area contributed by atoms with E-state index in [2.05, 4.69) is 230 Å². The molecule has 0 spiro atoms. The number of rotatable bonds is 8. The van der Waals surface area contributed by atoms with E-state index in [0.29, 0.717) is 0 Å². The number of aromatic nitrogens is 3. The van der Waals surface area contributed by atoms with Gasteiger partial charge in [-0.3, -0.25) is 4.57 Å². The van der Waals surface area contributed by atoms with E-state index >= 15 is 0 Å². The monoisotopic (exact) mass is 779 g/mol. The molecule has 0 aliphatic rings. The third-order valence-corrected chi connectivity index (χ3v) is 11.9. The number of para-hydroxylation sites is 2. The van der Waals surface area contributed by atoms with Crippen LogP contribution in [-0.2, 0) is 6.42 Å². The van der Waals surface area contributed by atoms with E-state index in [1.807, 2.05) is 0 Å². The third-order valence-electron chi connectivity index (χ3n) is 11.9. The fourth-order valence-corrected chi connectivity index (χ4v) is 8.90. The molecule has 2 aromatic heterocycles. The molecule has 0 saturated heterocycles. The SMILES string of the molecule is CCc1nc2ccccc2n1-c1cc(-c2cc(-c3cccc(-c4ccccc4)c3)cc(-c3ccc(-c4ccccc4)cc3)n2)cc(-c2cc3ccccc3c3ccccc23)c1. The number of fused-ring (bicyclic) bond motifs is 4. The Hall–Kier alpha value is -7.88. The quantitative estimate of drug-likeness (QED) is 0.144. The standard InChI is InChI=1S/C58H41N3/c1-2-58-60-54-26-13-14-27-57(54)61(58)49-34-47(53-36-45-20-9-10-23-50(45)51-24-11-12-25-52(51)53)33-48(35-49)56-38-46(44-22-15-21-43(32-44)40-18-7-4-8-19-40)37-55(59-56)42-30-28-41(29-31-42)39-16-5-3-6-17-39/h3-38H,2H2,1H3. The second kappa shape index (κ2) is 15.4. The van der Waals surface area contributed by atoms with Crippen molar-refractivity contribution in [3.63, 3.8) is 0 Å². The topological polar surface area (TPSA) is 30.7 Å². The first kappa shape index (κ1) is 36.2. The fraction of sp³-hybridized carbons (Fsp3) is 0.0345. The molecule has 0 aliphatic heterocycles. The first-order valence-corrected chi connectivity index (χ1v) is 21.0. The molecule has 0 fully saturated rings. The van der Waals surface area contributed by atoms with Crippen LogP contribution in [0.1, 0.15) is 12.7 Å². The molecule has 2 heterocycles.